The molecule has 0 saturated heterocycles. The lowest BCUT2D eigenvalue weighted by molar-refractivity contribution is 0.1000. The van der Waals surface area contributed by atoms with Gasteiger partial charge >= 0.3 is 0 Å². The molecule has 4 heteroatoms. The number of carbonyl (C=O) groups excluding carboxylic acids is 1. The molecule has 1 aliphatic rings. The largest absolute Gasteiger partial charge is 0.366 e. The molecule has 0 spiro atoms. The number of amides is 1. The van der Waals surface area contributed by atoms with Crippen molar-refractivity contribution >= 4 is 5.91 Å². The minimum atomic E-state index is -0.697. The van der Waals surface area contributed by atoms with Crippen LogP contribution in [-0.4, -0.2) is 5.91 Å². The number of hydrogen-bond donors (Lipinski definition) is 2. The zero-order valence-corrected chi connectivity index (χ0v) is 13.9. The molecule has 1 aliphatic carbocycles. The van der Waals surface area contributed by atoms with E-state index in [2.05, 4.69) is 0 Å². The van der Waals surface area contributed by atoms with E-state index in [0.29, 0.717) is 11.1 Å². The van der Waals surface area contributed by atoms with Crippen LogP contribution in [0.4, 0.5) is 4.39 Å². The van der Waals surface area contributed by atoms with Crippen molar-refractivity contribution in [2.45, 2.75) is 38.1 Å². The number of rotatable bonds is 6. The molecule has 24 heavy (non-hydrogen) atoms. The molecule has 1 amide bonds. The first-order valence-corrected chi connectivity index (χ1v) is 8.36. The Labute approximate surface area is 141 Å². The molecular weight excluding hydrogens is 303 g/mol. The van der Waals surface area contributed by atoms with E-state index in [1.807, 2.05) is 18.2 Å². The van der Waals surface area contributed by atoms with Crippen molar-refractivity contribution in [3.05, 3.63) is 70.5 Å². The van der Waals surface area contributed by atoms with Crippen molar-refractivity contribution in [1.29, 1.82) is 0 Å². The van der Waals surface area contributed by atoms with E-state index >= 15 is 0 Å². The van der Waals surface area contributed by atoms with E-state index in [-0.39, 0.29) is 5.82 Å². The fourth-order valence-electron chi connectivity index (χ4n) is 3.15. The molecule has 3 rings (SSSR count). The van der Waals surface area contributed by atoms with Crippen molar-refractivity contribution in [3.8, 4) is 0 Å². The van der Waals surface area contributed by atoms with Crippen LogP contribution in [0.3, 0.4) is 0 Å². The number of benzene rings is 2. The van der Waals surface area contributed by atoms with Gasteiger partial charge in [0.2, 0.25) is 5.91 Å². The van der Waals surface area contributed by atoms with Crippen LogP contribution >= 0.6 is 0 Å². The molecule has 2 aromatic rings. The van der Waals surface area contributed by atoms with E-state index in [9.17, 15) is 9.18 Å². The summed E-state index contributed by atoms with van der Waals surface area (Å²) >= 11 is 0. The molecule has 1 unspecified atom stereocenters. The summed E-state index contributed by atoms with van der Waals surface area (Å²) in [7, 11) is 0. The van der Waals surface area contributed by atoms with E-state index < -0.39 is 11.4 Å². The van der Waals surface area contributed by atoms with Crippen LogP contribution in [-0.2, 0) is 5.54 Å². The summed E-state index contributed by atoms with van der Waals surface area (Å²) in [5.41, 5.74) is 14.3. The van der Waals surface area contributed by atoms with Gasteiger partial charge in [0.05, 0.1) is 5.54 Å². The fourth-order valence-corrected chi connectivity index (χ4v) is 3.15. The third-order valence-electron chi connectivity index (χ3n) is 5.00. The molecule has 1 atom stereocenters. The van der Waals surface area contributed by atoms with Crippen molar-refractivity contribution in [3.63, 3.8) is 0 Å². The van der Waals surface area contributed by atoms with Crippen LogP contribution in [0.25, 0.3) is 0 Å². The first-order valence-electron chi connectivity index (χ1n) is 8.36. The zero-order chi connectivity index (χ0) is 17.3. The van der Waals surface area contributed by atoms with Gasteiger partial charge in [-0.3, -0.25) is 4.79 Å². The number of aryl methyl sites for hydroxylation is 1. The van der Waals surface area contributed by atoms with Gasteiger partial charge in [-0.05, 0) is 60.6 Å². The van der Waals surface area contributed by atoms with Crippen LogP contribution in [0.1, 0.15) is 52.7 Å². The molecule has 126 valence electrons. The highest BCUT2D eigenvalue weighted by Crippen LogP contribution is 2.40. The van der Waals surface area contributed by atoms with Crippen LogP contribution in [0.15, 0.2) is 42.5 Å². The van der Waals surface area contributed by atoms with Gasteiger partial charge in [-0.25, -0.2) is 4.39 Å². The van der Waals surface area contributed by atoms with Crippen molar-refractivity contribution in [2.75, 3.05) is 0 Å². The lowest BCUT2D eigenvalue weighted by Gasteiger charge is -2.31. The first-order chi connectivity index (χ1) is 11.4. The van der Waals surface area contributed by atoms with Crippen LogP contribution in [0.5, 0.6) is 0 Å². The number of nitrogens with two attached hydrogens (primary N) is 2. The molecule has 2 aromatic carbocycles. The van der Waals surface area contributed by atoms with Crippen LogP contribution < -0.4 is 11.5 Å². The number of primary amides is 1. The molecule has 0 heterocycles. The van der Waals surface area contributed by atoms with Crippen molar-refractivity contribution in [1.82, 2.24) is 0 Å². The van der Waals surface area contributed by atoms with Gasteiger partial charge in [-0.1, -0.05) is 37.1 Å². The summed E-state index contributed by atoms with van der Waals surface area (Å²) in [6.07, 6.45) is 4.36. The maximum Gasteiger partial charge on any atom is 0.248 e. The predicted molar refractivity (Wildman–Crippen MR) is 93.0 cm³/mol. The average molecular weight is 326 g/mol. The lowest BCUT2D eigenvalue weighted by atomic mass is 9.79. The van der Waals surface area contributed by atoms with E-state index in [0.717, 1.165) is 29.9 Å². The highest BCUT2D eigenvalue weighted by molar-refractivity contribution is 5.92. The van der Waals surface area contributed by atoms with Gasteiger partial charge in [0.25, 0.3) is 0 Å². The van der Waals surface area contributed by atoms with E-state index in [1.165, 1.54) is 18.9 Å². The Morgan fingerprint density at radius 2 is 1.79 bits per heavy atom. The highest BCUT2D eigenvalue weighted by atomic mass is 19.1. The van der Waals surface area contributed by atoms with Gasteiger partial charge in [0, 0.05) is 5.56 Å². The maximum atomic E-state index is 13.7. The third-order valence-corrected chi connectivity index (χ3v) is 5.00. The molecule has 1 fully saturated rings. The number of halogens is 1. The first kappa shape index (κ1) is 16.7. The molecule has 3 nitrogen and oxygen atoms in total. The summed E-state index contributed by atoms with van der Waals surface area (Å²) < 4.78 is 13.7. The second-order valence-corrected chi connectivity index (χ2v) is 6.86. The summed E-state index contributed by atoms with van der Waals surface area (Å²) in [6, 6.07) is 12.2. The van der Waals surface area contributed by atoms with E-state index in [1.54, 1.807) is 25.1 Å². The SMILES string of the molecule is Cc1cc(C(N)(CCC2CC2)c2ccc(C(N)=O)cc2)ccc1F. The molecule has 0 aliphatic heterocycles. The Bertz CT molecular complexity index is 753. The van der Waals surface area contributed by atoms with Gasteiger partial charge in [0.15, 0.2) is 0 Å². The second-order valence-electron chi connectivity index (χ2n) is 6.86. The quantitative estimate of drug-likeness (QED) is 0.851. The topological polar surface area (TPSA) is 69.1 Å². The van der Waals surface area contributed by atoms with Gasteiger partial charge < -0.3 is 11.5 Å². The fraction of sp³-hybridized carbons (Fsp3) is 0.350. The van der Waals surface area contributed by atoms with Gasteiger partial charge in [0.1, 0.15) is 5.82 Å². The van der Waals surface area contributed by atoms with Crippen LogP contribution in [0, 0.1) is 18.7 Å². The van der Waals surface area contributed by atoms with E-state index in [4.69, 9.17) is 11.5 Å². The molecule has 1 saturated carbocycles. The molecular formula is C20H23FN2O. The Hall–Kier alpha value is -2.20. The standard InChI is InChI=1S/C20H23FN2O/c1-13-12-17(8-9-18(13)21)20(23,11-10-14-2-3-14)16-6-4-15(5-7-16)19(22)24/h4-9,12,14H,2-3,10-11,23H2,1H3,(H2,22,24). The normalized spacial score (nSPS) is 16.6. The average Bonchev–Trinajstić information content (AvgIpc) is 3.39. The Kier molecular flexibility index (Phi) is 4.41. The molecule has 0 radical (unpaired) electrons. The molecule has 0 aromatic heterocycles. The summed E-state index contributed by atoms with van der Waals surface area (Å²) in [4.78, 5) is 11.3. The second kappa shape index (κ2) is 6.36. The minimum absolute atomic E-state index is 0.229. The van der Waals surface area contributed by atoms with Gasteiger partial charge in [-0.2, -0.15) is 0 Å². The Morgan fingerprint density at radius 3 is 2.33 bits per heavy atom. The van der Waals surface area contributed by atoms with Crippen molar-refractivity contribution in [2.24, 2.45) is 17.4 Å². The number of carbonyl (C=O) groups is 1. The maximum absolute atomic E-state index is 13.7. The summed E-state index contributed by atoms with van der Waals surface area (Å²) in [5, 5.41) is 0. The third kappa shape index (κ3) is 3.34. The summed E-state index contributed by atoms with van der Waals surface area (Å²) in [5.74, 6) is 0.0616. The molecule has 0 bridgehead atoms. The highest BCUT2D eigenvalue weighted by Gasteiger charge is 2.33. The van der Waals surface area contributed by atoms with Gasteiger partial charge in [-0.15, -0.1) is 0 Å². The lowest BCUT2D eigenvalue weighted by Crippen LogP contribution is -2.38. The monoisotopic (exact) mass is 326 g/mol. The Balaban J connectivity index is 1.99. The van der Waals surface area contributed by atoms with Crippen LogP contribution in [0.2, 0.25) is 0 Å². The summed E-state index contributed by atoms with van der Waals surface area (Å²) in [6.45, 7) is 1.75. The van der Waals surface area contributed by atoms with Crippen molar-refractivity contribution < 1.29 is 9.18 Å². The molecule has 4 N–H and O–H groups in total. The Morgan fingerprint density at radius 1 is 1.17 bits per heavy atom. The predicted octanol–water partition coefficient (Wildman–Crippen LogP) is 3.63. The smallest absolute Gasteiger partial charge is 0.248 e. The number of hydrogen-bond acceptors (Lipinski definition) is 2. The minimum Gasteiger partial charge on any atom is -0.366 e. The zero-order valence-electron chi connectivity index (χ0n) is 13.9.